The number of aromatic nitrogens is 1. The van der Waals surface area contributed by atoms with E-state index in [2.05, 4.69) is 9.88 Å². The Morgan fingerprint density at radius 3 is 2.70 bits per heavy atom. The molecular formula is C14H20FN3O2. The molecule has 0 radical (unpaired) electrons. The van der Waals surface area contributed by atoms with Crippen LogP contribution < -0.4 is 0 Å². The van der Waals surface area contributed by atoms with Gasteiger partial charge in [-0.25, -0.2) is 4.39 Å². The van der Waals surface area contributed by atoms with Gasteiger partial charge in [0.15, 0.2) is 5.82 Å². The highest BCUT2D eigenvalue weighted by Crippen LogP contribution is 2.13. The number of aliphatic hydroxyl groups is 1. The molecule has 1 unspecified atom stereocenters. The second-order valence-electron chi connectivity index (χ2n) is 4.93. The summed E-state index contributed by atoms with van der Waals surface area (Å²) in [5.41, 5.74) is 0.0719. The Balaban J connectivity index is 1.97. The van der Waals surface area contributed by atoms with Crippen molar-refractivity contribution in [1.82, 2.24) is 14.8 Å². The topological polar surface area (TPSA) is 56.7 Å². The third-order valence-corrected chi connectivity index (χ3v) is 3.80. The van der Waals surface area contributed by atoms with Crippen LogP contribution in [0.25, 0.3) is 0 Å². The summed E-state index contributed by atoms with van der Waals surface area (Å²) in [5.74, 6) is -0.872. The molecule has 5 nitrogen and oxygen atoms in total. The van der Waals surface area contributed by atoms with Crippen molar-refractivity contribution in [3.05, 3.63) is 29.8 Å². The fraction of sp³-hybridized carbons (Fsp3) is 0.571. The van der Waals surface area contributed by atoms with Gasteiger partial charge < -0.3 is 10.0 Å². The van der Waals surface area contributed by atoms with Crippen molar-refractivity contribution in [2.24, 2.45) is 0 Å². The van der Waals surface area contributed by atoms with Crippen LogP contribution in [0.1, 0.15) is 23.7 Å². The number of rotatable bonds is 4. The van der Waals surface area contributed by atoms with Crippen LogP contribution in [0, 0.1) is 5.82 Å². The quantitative estimate of drug-likeness (QED) is 0.885. The first kappa shape index (κ1) is 14.9. The Kier molecular flexibility index (Phi) is 5.03. The predicted octanol–water partition coefficient (Wildman–Crippen LogP) is 0.749. The molecule has 0 spiro atoms. The SMILES string of the molecule is CCC(CO)N1CCN(C(=O)c2ccncc2F)CC1. The lowest BCUT2D eigenvalue weighted by Gasteiger charge is -2.38. The number of carbonyl (C=O) groups is 1. The smallest absolute Gasteiger partial charge is 0.257 e. The van der Waals surface area contributed by atoms with Crippen LogP contribution in [-0.4, -0.2) is 64.6 Å². The standard InChI is InChI=1S/C14H20FN3O2/c1-2-11(10-19)17-5-7-18(8-6-17)14(20)12-3-4-16-9-13(12)15/h3-4,9,11,19H,2,5-8,10H2,1H3. The molecule has 110 valence electrons. The van der Waals surface area contributed by atoms with Gasteiger partial charge in [0.1, 0.15) is 0 Å². The number of hydrogen-bond donors (Lipinski definition) is 1. The number of piperazine rings is 1. The molecule has 1 aliphatic heterocycles. The van der Waals surface area contributed by atoms with Crippen LogP contribution in [0.5, 0.6) is 0 Å². The molecule has 1 atom stereocenters. The molecule has 1 amide bonds. The normalized spacial score (nSPS) is 18.1. The Morgan fingerprint density at radius 1 is 1.45 bits per heavy atom. The molecule has 0 aromatic carbocycles. The summed E-state index contributed by atoms with van der Waals surface area (Å²) in [6.45, 7) is 4.68. The minimum absolute atomic E-state index is 0.0719. The molecule has 0 aliphatic carbocycles. The largest absolute Gasteiger partial charge is 0.395 e. The average Bonchev–Trinajstić information content (AvgIpc) is 2.49. The van der Waals surface area contributed by atoms with E-state index in [0.29, 0.717) is 26.2 Å². The van der Waals surface area contributed by atoms with E-state index in [1.54, 1.807) is 4.90 Å². The van der Waals surface area contributed by atoms with E-state index in [4.69, 9.17) is 0 Å². The summed E-state index contributed by atoms with van der Waals surface area (Å²) in [5, 5.41) is 9.29. The van der Waals surface area contributed by atoms with E-state index >= 15 is 0 Å². The van der Waals surface area contributed by atoms with Gasteiger partial charge in [0.05, 0.1) is 18.4 Å². The highest BCUT2D eigenvalue weighted by molar-refractivity contribution is 5.94. The summed E-state index contributed by atoms with van der Waals surface area (Å²) in [4.78, 5) is 19.7. The van der Waals surface area contributed by atoms with E-state index < -0.39 is 5.82 Å². The summed E-state index contributed by atoms with van der Waals surface area (Å²) in [6, 6.07) is 1.55. The molecule has 2 rings (SSSR count). The maximum absolute atomic E-state index is 13.6. The second-order valence-corrected chi connectivity index (χ2v) is 4.93. The van der Waals surface area contributed by atoms with Crippen LogP contribution in [0.2, 0.25) is 0 Å². The van der Waals surface area contributed by atoms with Gasteiger partial charge in [-0.3, -0.25) is 14.7 Å². The van der Waals surface area contributed by atoms with E-state index in [0.717, 1.165) is 12.6 Å². The number of carbonyl (C=O) groups excluding carboxylic acids is 1. The third-order valence-electron chi connectivity index (χ3n) is 3.80. The number of amides is 1. The molecule has 1 N–H and O–H groups in total. The van der Waals surface area contributed by atoms with Gasteiger partial charge in [-0.05, 0) is 12.5 Å². The Hall–Kier alpha value is -1.53. The number of aliphatic hydroxyl groups excluding tert-OH is 1. The zero-order chi connectivity index (χ0) is 14.5. The molecule has 0 saturated carbocycles. The maximum atomic E-state index is 13.6. The Bertz CT molecular complexity index is 457. The fourth-order valence-corrected chi connectivity index (χ4v) is 2.51. The van der Waals surface area contributed by atoms with Crippen molar-refractivity contribution in [1.29, 1.82) is 0 Å². The highest BCUT2D eigenvalue weighted by atomic mass is 19.1. The van der Waals surface area contributed by atoms with Crippen molar-refractivity contribution in [2.45, 2.75) is 19.4 Å². The van der Waals surface area contributed by atoms with E-state index in [1.165, 1.54) is 12.3 Å². The molecule has 1 aliphatic rings. The zero-order valence-corrected chi connectivity index (χ0v) is 11.6. The first-order valence-corrected chi connectivity index (χ1v) is 6.91. The number of pyridine rings is 1. The van der Waals surface area contributed by atoms with Crippen LogP contribution >= 0.6 is 0 Å². The summed E-state index contributed by atoms with van der Waals surface area (Å²) >= 11 is 0. The maximum Gasteiger partial charge on any atom is 0.257 e. The Morgan fingerprint density at radius 2 is 2.15 bits per heavy atom. The third kappa shape index (κ3) is 3.13. The number of halogens is 1. The van der Waals surface area contributed by atoms with Crippen molar-refractivity contribution >= 4 is 5.91 Å². The van der Waals surface area contributed by atoms with Gasteiger partial charge in [-0.1, -0.05) is 6.92 Å². The monoisotopic (exact) mass is 281 g/mol. The molecule has 1 fully saturated rings. The zero-order valence-electron chi connectivity index (χ0n) is 11.6. The van der Waals surface area contributed by atoms with Crippen molar-refractivity contribution in [2.75, 3.05) is 32.8 Å². The van der Waals surface area contributed by atoms with E-state index in [9.17, 15) is 14.3 Å². The second kappa shape index (κ2) is 6.76. The van der Waals surface area contributed by atoms with Crippen molar-refractivity contribution in [3.8, 4) is 0 Å². The van der Waals surface area contributed by atoms with Gasteiger partial charge in [0, 0.05) is 38.4 Å². The van der Waals surface area contributed by atoms with Crippen LogP contribution in [0.15, 0.2) is 18.5 Å². The predicted molar refractivity (Wildman–Crippen MR) is 72.8 cm³/mol. The highest BCUT2D eigenvalue weighted by Gasteiger charge is 2.26. The first-order valence-electron chi connectivity index (χ1n) is 6.91. The van der Waals surface area contributed by atoms with Crippen LogP contribution in [0.3, 0.4) is 0 Å². The minimum atomic E-state index is -0.582. The molecule has 2 heterocycles. The van der Waals surface area contributed by atoms with Gasteiger partial charge in [-0.2, -0.15) is 0 Å². The molecule has 1 saturated heterocycles. The summed E-state index contributed by atoms with van der Waals surface area (Å²) in [6.07, 6.45) is 3.36. The molecular weight excluding hydrogens is 261 g/mol. The van der Waals surface area contributed by atoms with Gasteiger partial charge in [0.25, 0.3) is 5.91 Å². The van der Waals surface area contributed by atoms with Gasteiger partial charge in [-0.15, -0.1) is 0 Å². The molecule has 20 heavy (non-hydrogen) atoms. The lowest BCUT2D eigenvalue weighted by atomic mass is 10.1. The fourth-order valence-electron chi connectivity index (χ4n) is 2.51. The van der Waals surface area contributed by atoms with Crippen LogP contribution in [-0.2, 0) is 0 Å². The van der Waals surface area contributed by atoms with Crippen LogP contribution in [0.4, 0.5) is 4.39 Å². The summed E-state index contributed by atoms with van der Waals surface area (Å²) < 4.78 is 13.6. The van der Waals surface area contributed by atoms with E-state index in [1.807, 2.05) is 6.92 Å². The molecule has 1 aromatic heterocycles. The molecule has 0 bridgehead atoms. The number of hydrogen-bond acceptors (Lipinski definition) is 4. The summed E-state index contributed by atoms with van der Waals surface area (Å²) in [7, 11) is 0. The molecule has 6 heteroatoms. The Labute approximate surface area is 118 Å². The van der Waals surface area contributed by atoms with Gasteiger partial charge in [0.2, 0.25) is 0 Å². The van der Waals surface area contributed by atoms with Crippen molar-refractivity contribution < 1.29 is 14.3 Å². The number of nitrogens with zero attached hydrogens (tertiary/aromatic N) is 3. The van der Waals surface area contributed by atoms with E-state index in [-0.39, 0.29) is 24.1 Å². The van der Waals surface area contributed by atoms with Crippen molar-refractivity contribution in [3.63, 3.8) is 0 Å². The lowest BCUT2D eigenvalue weighted by Crippen LogP contribution is -2.52. The first-order chi connectivity index (χ1) is 9.67. The minimum Gasteiger partial charge on any atom is -0.395 e. The molecule has 1 aromatic rings. The average molecular weight is 281 g/mol. The van der Waals surface area contributed by atoms with Gasteiger partial charge >= 0.3 is 0 Å². The lowest BCUT2D eigenvalue weighted by molar-refractivity contribution is 0.0469.